The average Bonchev–Trinajstić information content (AvgIpc) is 3.05. The Morgan fingerprint density at radius 3 is 2.77 bits per heavy atom. The van der Waals surface area contributed by atoms with Crippen molar-refractivity contribution >= 4 is 16.8 Å². The number of pyridine rings is 2. The van der Waals surface area contributed by atoms with Crippen molar-refractivity contribution in [2.45, 2.75) is 57.2 Å². The lowest BCUT2D eigenvalue weighted by Crippen LogP contribution is -2.46. The minimum Gasteiger partial charge on any atom is -0.481 e. The van der Waals surface area contributed by atoms with Crippen LogP contribution in [0, 0.1) is 0 Å². The van der Waals surface area contributed by atoms with Crippen LogP contribution in [0.25, 0.3) is 10.9 Å². The van der Waals surface area contributed by atoms with Crippen LogP contribution in [0.15, 0.2) is 42.7 Å². The van der Waals surface area contributed by atoms with Gasteiger partial charge in [0.05, 0.1) is 30.8 Å². The zero-order valence-corrected chi connectivity index (χ0v) is 17.9. The van der Waals surface area contributed by atoms with E-state index in [0.717, 1.165) is 53.3 Å². The van der Waals surface area contributed by atoms with Gasteiger partial charge in [0.2, 0.25) is 5.88 Å². The molecule has 0 spiro atoms. The van der Waals surface area contributed by atoms with Crippen molar-refractivity contribution < 1.29 is 14.6 Å². The molecule has 5 rings (SSSR count). The number of rotatable bonds is 4. The molecule has 1 fully saturated rings. The highest BCUT2D eigenvalue weighted by molar-refractivity contribution is 6.05. The van der Waals surface area contributed by atoms with Crippen LogP contribution in [0.4, 0.5) is 0 Å². The number of fused-ring (bicyclic) bond motifs is 3. The van der Waals surface area contributed by atoms with Crippen LogP contribution in [-0.2, 0) is 6.42 Å². The number of aliphatic hydroxyl groups is 1. The maximum atomic E-state index is 13.5. The molecule has 0 saturated heterocycles. The fourth-order valence-corrected chi connectivity index (χ4v) is 5.25. The van der Waals surface area contributed by atoms with Crippen LogP contribution < -0.4 is 4.74 Å². The summed E-state index contributed by atoms with van der Waals surface area (Å²) in [7, 11) is 1.60. The molecule has 31 heavy (non-hydrogen) atoms. The van der Waals surface area contributed by atoms with Crippen molar-refractivity contribution in [1.82, 2.24) is 14.9 Å². The predicted molar refractivity (Wildman–Crippen MR) is 118 cm³/mol. The fraction of sp³-hybridized carbons (Fsp3) is 0.400. The van der Waals surface area contributed by atoms with Gasteiger partial charge in [0, 0.05) is 35.0 Å². The van der Waals surface area contributed by atoms with Gasteiger partial charge in [0.25, 0.3) is 5.91 Å². The van der Waals surface area contributed by atoms with Gasteiger partial charge in [-0.05, 0) is 49.4 Å². The highest BCUT2D eigenvalue weighted by atomic mass is 16.5. The molecule has 6 heteroatoms. The standard InChI is InChI=1S/C25H27N3O3/c1-15-23-19(25(30)28(15)20-7-3-4-8-21(20)29)13-17(18-6-5-11-26-24(18)23)12-16-9-10-22(31-2)27-14-16/h5-6,9-11,13-15,20-21,29H,3-4,7-8,12H2,1-2H3/t15-,20?,21?/m1/s1. The maximum Gasteiger partial charge on any atom is 0.255 e. The summed E-state index contributed by atoms with van der Waals surface area (Å²) in [6, 6.07) is 9.65. The molecule has 2 aromatic heterocycles. The Balaban J connectivity index is 1.58. The minimum atomic E-state index is -0.460. The highest BCUT2D eigenvalue weighted by Crippen LogP contribution is 2.42. The predicted octanol–water partition coefficient (Wildman–Crippen LogP) is 4.05. The van der Waals surface area contributed by atoms with Crippen LogP contribution in [0.1, 0.15) is 65.7 Å². The number of aromatic nitrogens is 2. The second kappa shape index (κ2) is 7.93. The Hall–Kier alpha value is -2.99. The van der Waals surface area contributed by atoms with Crippen LogP contribution >= 0.6 is 0 Å². The number of nitrogens with zero attached hydrogens (tertiary/aromatic N) is 3. The summed E-state index contributed by atoms with van der Waals surface area (Å²) in [6.07, 6.45) is 7.46. The van der Waals surface area contributed by atoms with Crippen molar-refractivity contribution in [3.05, 3.63) is 65.0 Å². The Bertz CT molecular complexity index is 1130. The van der Waals surface area contributed by atoms with E-state index in [1.54, 1.807) is 13.3 Å². The molecule has 160 valence electrons. The maximum absolute atomic E-state index is 13.5. The van der Waals surface area contributed by atoms with E-state index >= 15 is 0 Å². The molecular weight excluding hydrogens is 390 g/mol. The lowest BCUT2D eigenvalue weighted by atomic mass is 9.90. The van der Waals surface area contributed by atoms with Crippen LogP contribution in [0.3, 0.4) is 0 Å². The SMILES string of the molecule is COc1ccc(Cc2cc3c(c4ncccc24)[C@@H](C)N(C2CCCCC2O)C3=O)cn1. The molecule has 2 aliphatic rings. The largest absolute Gasteiger partial charge is 0.481 e. The Kier molecular flexibility index (Phi) is 5.10. The molecule has 1 N–H and O–H groups in total. The van der Waals surface area contributed by atoms with Gasteiger partial charge < -0.3 is 14.7 Å². The molecular formula is C25H27N3O3. The average molecular weight is 418 g/mol. The summed E-state index contributed by atoms with van der Waals surface area (Å²) in [6.45, 7) is 2.06. The number of carbonyl (C=O) groups excluding carboxylic acids is 1. The number of amides is 1. The molecule has 0 radical (unpaired) electrons. The molecule has 1 saturated carbocycles. The van der Waals surface area contributed by atoms with Gasteiger partial charge in [-0.2, -0.15) is 0 Å². The van der Waals surface area contributed by atoms with Gasteiger partial charge in [0.1, 0.15) is 0 Å². The summed E-state index contributed by atoms with van der Waals surface area (Å²) in [5.41, 5.74) is 4.68. The molecule has 1 amide bonds. The number of ether oxygens (including phenoxy) is 1. The van der Waals surface area contributed by atoms with E-state index in [2.05, 4.69) is 23.0 Å². The second-order valence-electron chi connectivity index (χ2n) is 8.59. The summed E-state index contributed by atoms with van der Waals surface area (Å²) < 4.78 is 5.16. The molecule has 1 aliphatic carbocycles. The van der Waals surface area contributed by atoms with E-state index < -0.39 is 6.10 Å². The lowest BCUT2D eigenvalue weighted by molar-refractivity contribution is 0.00975. The van der Waals surface area contributed by atoms with E-state index in [1.807, 2.05) is 35.4 Å². The molecule has 6 nitrogen and oxygen atoms in total. The first-order valence-electron chi connectivity index (χ1n) is 11.0. The lowest BCUT2D eigenvalue weighted by Gasteiger charge is -2.37. The zero-order valence-electron chi connectivity index (χ0n) is 17.9. The molecule has 3 atom stereocenters. The summed E-state index contributed by atoms with van der Waals surface area (Å²) >= 11 is 0. The van der Waals surface area contributed by atoms with Crippen molar-refractivity contribution in [2.75, 3.05) is 7.11 Å². The first-order valence-corrected chi connectivity index (χ1v) is 11.0. The first kappa shape index (κ1) is 19.9. The van der Waals surface area contributed by atoms with E-state index in [1.165, 1.54) is 0 Å². The minimum absolute atomic E-state index is 0.00936. The molecule has 3 heterocycles. The smallest absolute Gasteiger partial charge is 0.255 e. The van der Waals surface area contributed by atoms with E-state index in [4.69, 9.17) is 4.74 Å². The Morgan fingerprint density at radius 2 is 2.03 bits per heavy atom. The normalized spacial score (nSPS) is 23.3. The van der Waals surface area contributed by atoms with E-state index in [9.17, 15) is 9.90 Å². The Labute approximate surface area is 181 Å². The number of benzene rings is 1. The van der Waals surface area contributed by atoms with Gasteiger partial charge in [-0.25, -0.2) is 4.98 Å². The number of hydrogen-bond donors (Lipinski definition) is 1. The molecule has 0 bridgehead atoms. The van der Waals surface area contributed by atoms with Gasteiger partial charge in [-0.3, -0.25) is 9.78 Å². The van der Waals surface area contributed by atoms with Crippen molar-refractivity contribution in [1.29, 1.82) is 0 Å². The van der Waals surface area contributed by atoms with Gasteiger partial charge in [-0.1, -0.05) is 25.0 Å². The van der Waals surface area contributed by atoms with Gasteiger partial charge in [0.15, 0.2) is 0 Å². The summed E-state index contributed by atoms with van der Waals surface area (Å²) in [4.78, 5) is 24.4. The fourth-order valence-electron chi connectivity index (χ4n) is 5.25. The highest BCUT2D eigenvalue weighted by Gasteiger charge is 2.43. The summed E-state index contributed by atoms with van der Waals surface area (Å²) in [5, 5.41) is 11.7. The Morgan fingerprint density at radius 1 is 1.19 bits per heavy atom. The van der Waals surface area contributed by atoms with Crippen molar-refractivity contribution in [3.63, 3.8) is 0 Å². The van der Waals surface area contributed by atoms with Crippen LogP contribution in [-0.4, -0.2) is 45.1 Å². The monoisotopic (exact) mass is 417 g/mol. The second-order valence-corrected chi connectivity index (χ2v) is 8.59. The molecule has 2 unspecified atom stereocenters. The quantitative estimate of drug-likeness (QED) is 0.693. The first-order chi connectivity index (χ1) is 15.1. The molecule has 3 aromatic rings. The third kappa shape index (κ3) is 3.35. The van der Waals surface area contributed by atoms with Crippen LogP contribution in [0.2, 0.25) is 0 Å². The number of carbonyl (C=O) groups is 1. The van der Waals surface area contributed by atoms with Crippen molar-refractivity contribution in [2.24, 2.45) is 0 Å². The van der Waals surface area contributed by atoms with Crippen molar-refractivity contribution in [3.8, 4) is 5.88 Å². The van der Waals surface area contributed by atoms with Gasteiger partial charge >= 0.3 is 0 Å². The topological polar surface area (TPSA) is 75.6 Å². The zero-order chi connectivity index (χ0) is 21.5. The van der Waals surface area contributed by atoms with Gasteiger partial charge in [-0.15, -0.1) is 0 Å². The third-order valence-electron chi connectivity index (χ3n) is 6.77. The van der Waals surface area contributed by atoms with E-state index in [0.29, 0.717) is 17.9 Å². The summed E-state index contributed by atoms with van der Waals surface area (Å²) in [5.74, 6) is 0.588. The van der Waals surface area contributed by atoms with Crippen LogP contribution in [0.5, 0.6) is 5.88 Å². The number of hydrogen-bond acceptors (Lipinski definition) is 5. The molecule has 1 aromatic carbocycles. The number of aliphatic hydroxyl groups excluding tert-OH is 1. The number of methoxy groups -OCH3 is 1. The third-order valence-corrected chi connectivity index (χ3v) is 6.77. The van der Waals surface area contributed by atoms with E-state index in [-0.39, 0.29) is 18.0 Å². The molecule has 1 aliphatic heterocycles.